The van der Waals surface area contributed by atoms with Crippen molar-refractivity contribution in [1.82, 2.24) is 0 Å². The molecule has 0 heterocycles. The molecule has 0 saturated heterocycles. The van der Waals surface area contributed by atoms with Crippen LogP contribution in [-0.4, -0.2) is 31.8 Å². The van der Waals surface area contributed by atoms with Crippen LogP contribution in [0.5, 0.6) is 0 Å². The maximum atomic E-state index is 13.0. The lowest BCUT2D eigenvalue weighted by molar-refractivity contribution is 0.425. The van der Waals surface area contributed by atoms with Crippen LogP contribution in [-0.2, 0) is 9.84 Å². The zero-order valence-electron chi connectivity index (χ0n) is 7.31. The Balaban J connectivity index is 3.37. The Kier molecular flexibility index (Phi) is 2.93. The van der Waals surface area contributed by atoms with E-state index in [0.29, 0.717) is 0 Å². The molecule has 76 valence electrons. The summed E-state index contributed by atoms with van der Waals surface area (Å²) in [6, 6.07) is 2.88. The number of sulfone groups is 1. The van der Waals surface area contributed by atoms with E-state index in [4.69, 9.17) is 10.0 Å². The second kappa shape index (κ2) is 3.68. The summed E-state index contributed by atoms with van der Waals surface area (Å²) in [5.41, 5.74) is -0.0631. The highest BCUT2D eigenvalue weighted by molar-refractivity contribution is 7.90. The minimum absolute atomic E-state index is 0.0631. The molecule has 0 radical (unpaired) electrons. The van der Waals surface area contributed by atoms with E-state index in [1.165, 1.54) is 0 Å². The first kappa shape index (κ1) is 11.2. The fourth-order valence-electron chi connectivity index (χ4n) is 0.965. The third-order valence-corrected chi connectivity index (χ3v) is 2.76. The fourth-order valence-corrected chi connectivity index (χ4v) is 1.74. The van der Waals surface area contributed by atoms with E-state index in [1.54, 1.807) is 0 Å². The molecule has 7 heteroatoms. The fraction of sp³-hybridized carbons (Fsp3) is 0.143. The molecule has 1 rings (SSSR count). The summed E-state index contributed by atoms with van der Waals surface area (Å²) in [7, 11) is -5.50. The van der Waals surface area contributed by atoms with Crippen molar-refractivity contribution in [2.45, 2.75) is 4.90 Å². The van der Waals surface area contributed by atoms with Gasteiger partial charge in [-0.2, -0.15) is 0 Å². The van der Waals surface area contributed by atoms with Crippen molar-refractivity contribution in [2.24, 2.45) is 0 Å². The van der Waals surface area contributed by atoms with Crippen LogP contribution in [0.2, 0.25) is 0 Å². The largest absolute Gasteiger partial charge is 0.488 e. The van der Waals surface area contributed by atoms with Gasteiger partial charge < -0.3 is 10.0 Å². The Morgan fingerprint density at radius 3 is 2.36 bits per heavy atom. The van der Waals surface area contributed by atoms with Crippen molar-refractivity contribution in [1.29, 1.82) is 0 Å². The average molecular weight is 218 g/mol. The van der Waals surface area contributed by atoms with Gasteiger partial charge in [-0.1, -0.05) is 6.07 Å². The molecule has 0 amide bonds. The van der Waals surface area contributed by atoms with Crippen molar-refractivity contribution in [3.63, 3.8) is 0 Å². The Morgan fingerprint density at radius 1 is 1.36 bits per heavy atom. The summed E-state index contributed by atoms with van der Waals surface area (Å²) in [4.78, 5) is -0.539. The average Bonchev–Trinajstić information content (AvgIpc) is 2.02. The van der Waals surface area contributed by atoms with E-state index in [1.807, 2.05) is 0 Å². The molecule has 0 atom stereocenters. The minimum atomic E-state index is -3.69. The van der Waals surface area contributed by atoms with E-state index in [2.05, 4.69) is 0 Å². The van der Waals surface area contributed by atoms with Crippen molar-refractivity contribution in [3.8, 4) is 0 Å². The normalized spacial score (nSPS) is 11.4. The Hall–Kier alpha value is -0.915. The van der Waals surface area contributed by atoms with Crippen LogP contribution in [0.1, 0.15) is 0 Å². The van der Waals surface area contributed by atoms with E-state index in [9.17, 15) is 12.8 Å². The van der Waals surface area contributed by atoms with Crippen molar-refractivity contribution < 1.29 is 22.9 Å². The van der Waals surface area contributed by atoms with Gasteiger partial charge in [0.15, 0.2) is 9.84 Å². The number of hydrogen-bond acceptors (Lipinski definition) is 4. The van der Waals surface area contributed by atoms with Crippen LogP contribution in [0.15, 0.2) is 23.1 Å². The number of halogens is 1. The van der Waals surface area contributed by atoms with E-state index in [0.717, 1.165) is 24.5 Å². The number of benzene rings is 1. The third kappa shape index (κ3) is 2.31. The predicted octanol–water partition coefficient (Wildman–Crippen LogP) is -1.09. The molecule has 0 aliphatic carbocycles. The van der Waals surface area contributed by atoms with Crippen LogP contribution in [0.3, 0.4) is 0 Å². The Bertz CT molecular complexity index is 443. The molecule has 0 bridgehead atoms. The van der Waals surface area contributed by atoms with Crippen LogP contribution in [0.25, 0.3) is 0 Å². The Morgan fingerprint density at radius 2 is 1.93 bits per heavy atom. The summed E-state index contributed by atoms with van der Waals surface area (Å²) in [5, 5.41) is 17.5. The van der Waals surface area contributed by atoms with Crippen LogP contribution >= 0.6 is 0 Å². The van der Waals surface area contributed by atoms with Gasteiger partial charge in [0.2, 0.25) is 0 Å². The predicted molar refractivity (Wildman–Crippen MR) is 49.3 cm³/mol. The first-order valence-corrected chi connectivity index (χ1v) is 5.57. The molecule has 14 heavy (non-hydrogen) atoms. The molecule has 0 aliphatic heterocycles. The second-order valence-electron chi connectivity index (χ2n) is 2.84. The van der Waals surface area contributed by atoms with Crippen molar-refractivity contribution >= 4 is 22.4 Å². The lowest BCUT2D eigenvalue weighted by Crippen LogP contribution is -2.30. The first-order valence-electron chi connectivity index (χ1n) is 3.68. The van der Waals surface area contributed by atoms with E-state index >= 15 is 0 Å². The number of hydrogen-bond donors (Lipinski definition) is 2. The highest BCUT2D eigenvalue weighted by atomic mass is 32.2. The molecule has 0 spiro atoms. The second-order valence-corrected chi connectivity index (χ2v) is 4.82. The van der Waals surface area contributed by atoms with Gasteiger partial charge in [0.25, 0.3) is 0 Å². The van der Waals surface area contributed by atoms with Gasteiger partial charge >= 0.3 is 7.12 Å². The van der Waals surface area contributed by atoms with Crippen molar-refractivity contribution in [3.05, 3.63) is 24.0 Å². The maximum absolute atomic E-state index is 13.0. The summed E-state index contributed by atoms with van der Waals surface area (Å²) < 4.78 is 35.0. The summed E-state index contributed by atoms with van der Waals surface area (Å²) in [6.07, 6.45) is 0.846. The lowest BCUT2D eigenvalue weighted by atomic mass is 9.80. The molecule has 1 aromatic carbocycles. The highest BCUT2D eigenvalue weighted by Gasteiger charge is 2.18. The number of rotatable bonds is 2. The van der Waals surface area contributed by atoms with Gasteiger partial charge in [0, 0.05) is 6.26 Å². The monoisotopic (exact) mass is 218 g/mol. The van der Waals surface area contributed by atoms with Crippen LogP contribution in [0, 0.1) is 5.82 Å². The van der Waals surface area contributed by atoms with E-state index < -0.39 is 27.7 Å². The highest BCUT2D eigenvalue weighted by Crippen LogP contribution is 2.11. The molecule has 0 aromatic heterocycles. The third-order valence-electron chi connectivity index (χ3n) is 1.65. The van der Waals surface area contributed by atoms with Gasteiger partial charge in [0.1, 0.15) is 10.7 Å². The molecule has 2 N–H and O–H groups in total. The Labute approximate surface area is 81.1 Å². The molecule has 0 saturated carbocycles. The molecule has 0 unspecified atom stereocenters. The van der Waals surface area contributed by atoms with Crippen LogP contribution < -0.4 is 5.46 Å². The van der Waals surface area contributed by atoms with Gasteiger partial charge in [0.05, 0.1) is 0 Å². The summed E-state index contributed by atoms with van der Waals surface area (Å²) in [5.74, 6) is -0.906. The molecule has 4 nitrogen and oxygen atoms in total. The zero-order chi connectivity index (χ0) is 10.9. The quantitative estimate of drug-likeness (QED) is 0.618. The van der Waals surface area contributed by atoms with Gasteiger partial charge in [-0.05, 0) is 17.6 Å². The first-order chi connectivity index (χ1) is 6.32. The molecular formula is C7H8BFO4S. The topological polar surface area (TPSA) is 74.6 Å². The minimum Gasteiger partial charge on any atom is -0.423 e. The smallest absolute Gasteiger partial charge is 0.423 e. The SMILES string of the molecule is CS(=O)(=O)c1cc(B(O)O)ccc1F. The molecule has 0 fully saturated rings. The van der Waals surface area contributed by atoms with E-state index in [-0.39, 0.29) is 5.46 Å². The zero-order valence-corrected chi connectivity index (χ0v) is 8.12. The maximum Gasteiger partial charge on any atom is 0.488 e. The van der Waals surface area contributed by atoms with Crippen molar-refractivity contribution in [2.75, 3.05) is 6.26 Å². The summed E-state index contributed by atoms with van der Waals surface area (Å²) in [6.45, 7) is 0. The van der Waals surface area contributed by atoms with Gasteiger partial charge in [-0.3, -0.25) is 0 Å². The van der Waals surface area contributed by atoms with Crippen LogP contribution in [0.4, 0.5) is 4.39 Å². The molecule has 0 aliphatic rings. The van der Waals surface area contributed by atoms with Gasteiger partial charge in [-0.25, -0.2) is 12.8 Å². The lowest BCUT2D eigenvalue weighted by Gasteiger charge is -2.03. The molecular weight excluding hydrogens is 210 g/mol. The summed E-state index contributed by atoms with van der Waals surface area (Å²) >= 11 is 0. The van der Waals surface area contributed by atoms with Gasteiger partial charge in [-0.15, -0.1) is 0 Å². The molecule has 1 aromatic rings. The standard InChI is InChI=1S/C7H8BFO4S/c1-14(12,13)7-4-5(8(10)11)2-3-6(7)9/h2-4,10-11H,1H3.